The molecule has 0 aliphatic rings. The van der Waals surface area contributed by atoms with Gasteiger partial charge in [0.1, 0.15) is 0 Å². The topological polar surface area (TPSA) is 24.9 Å². The van der Waals surface area contributed by atoms with Gasteiger partial charge in [-0.05, 0) is 19.0 Å². The van der Waals surface area contributed by atoms with Crippen LogP contribution in [0.4, 0.5) is 0 Å². The molecule has 1 N–H and O–H groups in total. The minimum Gasteiger partial charge on any atom is -0.319 e. The number of hydrogen-bond donors (Lipinski definition) is 1. The molecule has 1 heterocycles. The fraction of sp³-hybridized carbons (Fsp3) is 0.438. The summed E-state index contributed by atoms with van der Waals surface area (Å²) in [7, 11) is 1.98. The van der Waals surface area contributed by atoms with E-state index in [9.17, 15) is 0 Å². The average molecular weight is 274 g/mol. The quantitative estimate of drug-likeness (QED) is 0.858. The van der Waals surface area contributed by atoms with Crippen molar-refractivity contribution in [1.82, 2.24) is 10.3 Å². The summed E-state index contributed by atoms with van der Waals surface area (Å²) >= 11 is 1.76. The average Bonchev–Trinajstić information content (AvgIpc) is 2.90. The maximum atomic E-state index is 4.75. The molecule has 0 aliphatic heterocycles. The first-order valence-corrected chi connectivity index (χ1v) is 7.82. The predicted molar refractivity (Wildman–Crippen MR) is 83.9 cm³/mol. The van der Waals surface area contributed by atoms with Gasteiger partial charge in [0, 0.05) is 23.4 Å². The largest absolute Gasteiger partial charge is 0.319 e. The first-order chi connectivity index (χ1) is 9.24. The number of likely N-dealkylation sites (N-methyl/N-ethyl adjacent to an activating group) is 1. The summed E-state index contributed by atoms with van der Waals surface area (Å²) in [5.74, 6) is 0.475. The number of nitrogens with zero attached hydrogens (tertiary/aromatic N) is 1. The molecule has 1 atom stereocenters. The zero-order valence-electron chi connectivity index (χ0n) is 11.9. The Morgan fingerprint density at radius 2 is 2.00 bits per heavy atom. The van der Waals surface area contributed by atoms with Gasteiger partial charge in [-0.1, -0.05) is 44.5 Å². The van der Waals surface area contributed by atoms with Gasteiger partial charge in [0.05, 0.1) is 10.7 Å². The summed E-state index contributed by atoms with van der Waals surface area (Å²) in [6, 6.07) is 8.81. The van der Waals surface area contributed by atoms with Gasteiger partial charge in [0.2, 0.25) is 0 Å². The molecule has 1 aromatic heterocycles. The maximum Gasteiger partial charge on any atom is 0.0973 e. The molecule has 0 fully saturated rings. The maximum absolute atomic E-state index is 4.75. The van der Waals surface area contributed by atoms with Crippen LogP contribution in [0.2, 0.25) is 0 Å². The summed E-state index contributed by atoms with van der Waals surface area (Å²) in [5.41, 5.74) is 3.73. The van der Waals surface area contributed by atoms with Gasteiger partial charge in [0.25, 0.3) is 0 Å². The number of benzene rings is 1. The van der Waals surface area contributed by atoms with Gasteiger partial charge in [-0.25, -0.2) is 4.98 Å². The molecule has 2 rings (SSSR count). The zero-order valence-corrected chi connectivity index (χ0v) is 12.8. The third-order valence-corrected chi connectivity index (χ3v) is 4.32. The van der Waals surface area contributed by atoms with E-state index in [2.05, 4.69) is 48.8 Å². The lowest BCUT2D eigenvalue weighted by atomic mass is 10.1. The molecule has 0 amide bonds. The van der Waals surface area contributed by atoms with Crippen molar-refractivity contribution >= 4 is 11.3 Å². The van der Waals surface area contributed by atoms with E-state index in [1.165, 1.54) is 22.6 Å². The highest BCUT2D eigenvalue weighted by Gasteiger charge is 2.10. The second-order valence-electron chi connectivity index (χ2n) is 4.98. The molecular weight excluding hydrogens is 252 g/mol. The first kappa shape index (κ1) is 14.2. The third kappa shape index (κ3) is 3.64. The molecule has 0 saturated carbocycles. The Morgan fingerprint density at radius 1 is 1.26 bits per heavy atom. The van der Waals surface area contributed by atoms with Crippen molar-refractivity contribution in [1.29, 1.82) is 0 Å². The Kier molecular flexibility index (Phi) is 5.11. The molecule has 0 radical (unpaired) electrons. The van der Waals surface area contributed by atoms with Crippen molar-refractivity contribution in [2.75, 3.05) is 13.6 Å². The fourth-order valence-corrected chi connectivity index (χ4v) is 3.06. The molecule has 19 heavy (non-hydrogen) atoms. The molecule has 3 heteroatoms. The highest BCUT2D eigenvalue weighted by atomic mass is 32.1. The molecule has 102 valence electrons. The number of hydrogen-bond acceptors (Lipinski definition) is 3. The lowest BCUT2D eigenvalue weighted by Crippen LogP contribution is -2.14. The van der Waals surface area contributed by atoms with E-state index in [-0.39, 0.29) is 0 Å². The number of rotatable bonds is 6. The van der Waals surface area contributed by atoms with Crippen LogP contribution in [0.1, 0.15) is 36.8 Å². The molecule has 1 unspecified atom stereocenters. The Morgan fingerprint density at radius 3 is 2.63 bits per heavy atom. The summed E-state index contributed by atoms with van der Waals surface area (Å²) in [6.45, 7) is 5.40. The standard InChI is InChI=1S/C16H22N2S/c1-4-5-13-6-8-14(9-7-13)15-11-19-16(18-15)12(2)10-17-3/h6-9,11-12,17H,4-5,10H2,1-3H3. The molecular formula is C16H22N2S. The van der Waals surface area contributed by atoms with Gasteiger partial charge < -0.3 is 5.32 Å². The Balaban J connectivity index is 2.13. The summed E-state index contributed by atoms with van der Waals surface area (Å²) in [4.78, 5) is 4.75. The molecule has 2 nitrogen and oxygen atoms in total. The highest BCUT2D eigenvalue weighted by molar-refractivity contribution is 7.10. The van der Waals surface area contributed by atoms with Crippen LogP contribution in [0.15, 0.2) is 29.6 Å². The fourth-order valence-electron chi connectivity index (χ4n) is 2.17. The minimum absolute atomic E-state index is 0.475. The van der Waals surface area contributed by atoms with Crippen LogP contribution in [0.3, 0.4) is 0 Å². The molecule has 0 spiro atoms. The van der Waals surface area contributed by atoms with E-state index in [0.717, 1.165) is 18.7 Å². The molecule has 1 aromatic carbocycles. The lowest BCUT2D eigenvalue weighted by molar-refractivity contribution is 0.674. The third-order valence-electron chi connectivity index (χ3n) is 3.24. The SMILES string of the molecule is CCCc1ccc(-c2csc(C(C)CNC)n2)cc1. The minimum atomic E-state index is 0.475. The van der Waals surface area contributed by atoms with Crippen LogP contribution in [0, 0.1) is 0 Å². The summed E-state index contributed by atoms with van der Waals surface area (Å²) in [5, 5.41) is 6.58. The van der Waals surface area contributed by atoms with Crippen molar-refractivity contribution in [3.8, 4) is 11.3 Å². The molecule has 0 saturated heterocycles. The van der Waals surface area contributed by atoms with E-state index in [4.69, 9.17) is 4.98 Å². The van der Waals surface area contributed by atoms with Crippen molar-refractivity contribution in [2.45, 2.75) is 32.6 Å². The van der Waals surface area contributed by atoms with Gasteiger partial charge in [-0.3, -0.25) is 0 Å². The lowest BCUT2D eigenvalue weighted by Gasteiger charge is -2.06. The Bertz CT molecular complexity index is 502. The van der Waals surface area contributed by atoms with Crippen molar-refractivity contribution in [2.24, 2.45) is 0 Å². The summed E-state index contributed by atoms with van der Waals surface area (Å²) in [6.07, 6.45) is 2.35. The number of aromatic nitrogens is 1. The first-order valence-electron chi connectivity index (χ1n) is 6.94. The van der Waals surface area contributed by atoms with Gasteiger partial charge in [-0.2, -0.15) is 0 Å². The van der Waals surface area contributed by atoms with Crippen molar-refractivity contribution in [3.05, 3.63) is 40.2 Å². The Hall–Kier alpha value is -1.19. The van der Waals surface area contributed by atoms with Crippen LogP contribution in [-0.4, -0.2) is 18.6 Å². The van der Waals surface area contributed by atoms with E-state index in [1.54, 1.807) is 11.3 Å². The summed E-state index contributed by atoms with van der Waals surface area (Å²) < 4.78 is 0. The smallest absolute Gasteiger partial charge is 0.0973 e. The van der Waals surface area contributed by atoms with E-state index < -0.39 is 0 Å². The van der Waals surface area contributed by atoms with Gasteiger partial charge >= 0.3 is 0 Å². The van der Waals surface area contributed by atoms with Crippen molar-refractivity contribution < 1.29 is 0 Å². The van der Waals surface area contributed by atoms with E-state index in [0.29, 0.717) is 5.92 Å². The Labute approximate surface area is 119 Å². The second-order valence-corrected chi connectivity index (χ2v) is 5.87. The van der Waals surface area contributed by atoms with E-state index in [1.807, 2.05) is 7.05 Å². The van der Waals surface area contributed by atoms with Crippen LogP contribution < -0.4 is 5.32 Å². The van der Waals surface area contributed by atoms with Crippen LogP contribution in [-0.2, 0) is 6.42 Å². The van der Waals surface area contributed by atoms with E-state index >= 15 is 0 Å². The molecule has 0 aliphatic carbocycles. The number of nitrogens with one attached hydrogen (secondary N) is 1. The van der Waals surface area contributed by atoms with Gasteiger partial charge in [0.15, 0.2) is 0 Å². The van der Waals surface area contributed by atoms with Crippen LogP contribution in [0.5, 0.6) is 0 Å². The van der Waals surface area contributed by atoms with Crippen molar-refractivity contribution in [3.63, 3.8) is 0 Å². The number of thiazole rings is 1. The molecule has 0 bridgehead atoms. The zero-order chi connectivity index (χ0) is 13.7. The van der Waals surface area contributed by atoms with Crippen LogP contribution >= 0.6 is 11.3 Å². The second kappa shape index (κ2) is 6.83. The highest BCUT2D eigenvalue weighted by Crippen LogP contribution is 2.26. The number of aryl methyl sites for hydroxylation is 1. The molecule has 2 aromatic rings. The monoisotopic (exact) mass is 274 g/mol. The van der Waals surface area contributed by atoms with Gasteiger partial charge in [-0.15, -0.1) is 11.3 Å². The normalized spacial score (nSPS) is 12.6. The van der Waals surface area contributed by atoms with Crippen LogP contribution in [0.25, 0.3) is 11.3 Å². The predicted octanol–water partition coefficient (Wildman–Crippen LogP) is 4.09.